The lowest BCUT2D eigenvalue weighted by Gasteiger charge is -2.12. The van der Waals surface area contributed by atoms with Crippen molar-refractivity contribution >= 4 is 11.4 Å². The van der Waals surface area contributed by atoms with Crippen LogP contribution < -0.4 is 18.9 Å². The van der Waals surface area contributed by atoms with E-state index in [1.54, 1.807) is 12.1 Å². The molecule has 2 rings (SSSR count). The van der Waals surface area contributed by atoms with E-state index in [1.807, 2.05) is 0 Å². The first-order valence-electron chi connectivity index (χ1n) is 6.94. The van der Waals surface area contributed by atoms with Crippen molar-refractivity contribution in [3.8, 4) is 23.0 Å². The molecule has 0 aliphatic heterocycles. The lowest BCUT2D eigenvalue weighted by atomic mass is 10.2. The van der Waals surface area contributed by atoms with Crippen LogP contribution in [0.3, 0.4) is 0 Å². The Balaban J connectivity index is 2.21. The van der Waals surface area contributed by atoms with Crippen LogP contribution in [0.2, 0.25) is 0 Å². The zero-order valence-electron chi connectivity index (χ0n) is 13.6. The van der Waals surface area contributed by atoms with Crippen LogP contribution in [0, 0.1) is 0 Å². The fourth-order valence-electron chi connectivity index (χ4n) is 1.95. The number of nitrogens with zero attached hydrogens (tertiary/aromatic N) is 2. The van der Waals surface area contributed by atoms with E-state index in [-0.39, 0.29) is 5.75 Å². The van der Waals surface area contributed by atoms with Crippen molar-refractivity contribution in [1.82, 2.24) is 0 Å². The highest BCUT2D eigenvalue weighted by Crippen LogP contribution is 2.41. The first-order valence-corrected chi connectivity index (χ1v) is 6.94. The van der Waals surface area contributed by atoms with E-state index in [0.717, 1.165) is 12.1 Å². The molecule has 0 N–H and O–H groups in total. The summed E-state index contributed by atoms with van der Waals surface area (Å²) in [6.07, 6.45) is -4.74. The third-order valence-electron chi connectivity index (χ3n) is 3.00. The van der Waals surface area contributed by atoms with E-state index in [4.69, 9.17) is 14.2 Å². The topological polar surface area (TPSA) is 61.6 Å². The van der Waals surface area contributed by atoms with Gasteiger partial charge < -0.3 is 18.9 Å². The number of benzene rings is 2. The van der Waals surface area contributed by atoms with E-state index in [9.17, 15) is 13.2 Å². The lowest BCUT2D eigenvalue weighted by molar-refractivity contribution is -0.274. The van der Waals surface area contributed by atoms with Gasteiger partial charge in [0.15, 0.2) is 11.5 Å². The molecule has 134 valence electrons. The van der Waals surface area contributed by atoms with Gasteiger partial charge in [-0.05, 0) is 24.3 Å². The minimum atomic E-state index is -4.74. The molecule has 25 heavy (non-hydrogen) atoms. The molecule has 9 heteroatoms. The van der Waals surface area contributed by atoms with Crippen LogP contribution >= 0.6 is 0 Å². The van der Waals surface area contributed by atoms with Crippen LogP contribution in [-0.4, -0.2) is 27.7 Å². The van der Waals surface area contributed by atoms with Crippen LogP contribution in [0.4, 0.5) is 24.5 Å². The van der Waals surface area contributed by atoms with E-state index in [1.165, 1.54) is 33.5 Å². The Labute approximate surface area is 141 Å². The summed E-state index contributed by atoms with van der Waals surface area (Å²) in [5, 5.41) is 7.98. The van der Waals surface area contributed by atoms with Crippen LogP contribution in [0.1, 0.15) is 0 Å². The van der Waals surface area contributed by atoms with E-state index in [2.05, 4.69) is 15.0 Å². The van der Waals surface area contributed by atoms with Gasteiger partial charge >= 0.3 is 6.36 Å². The molecule has 0 atom stereocenters. The number of methoxy groups -OCH3 is 3. The fraction of sp³-hybridized carbons (Fsp3) is 0.250. The molecule has 6 nitrogen and oxygen atoms in total. The third kappa shape index (κ3) is 5.00. The smallest absolute Gasteiger partial charge is 0.493 e. The molecule has 2 aromatic rings. The number of hydrogen-bond donors (Lipinski definition) is 0. The Kier molecular flexibility index (Phi) is 5.68. The Hall–Kier alpha value is -2.97. The second-order valence-corrected chi connectivity index (χ2v) is 4.63. The van der Waals surface area contributed by atoms with Gasteiger partial charge in [0, 0.05) is 12.1 Å². The molecule has 0 aliphatic rings. The number of hydrogen-bond acceptors (Lipinski definition) is 6. The summed E-state index contributed by atoms with van der Waals surface area (Å²) in [6, 6.07) is 8.18. The van der Waals surface area contributed by atoms with Crippen molar-refractivity contribution in [2.45, 2.75) is 6.36 Å². The Morgan fingerprint density at radius 3 is 1.72 bits per heavy atom. The van der Waals surface area contributed by atoms with Crippen molar-refractivity contribution in [1.29, 1.82) is 0 Å². The monoisotopic (exact) mass is 356 g/mol. The highest BCUT2D eigenvalue weighted by molar-refractivity contribution is 5.60. The number of azo groups is 1. The van der Waals surface area contributed by atoms with Gasteiger partial charge in [-0.1, -0.05) is 0 Å². The highest BCUT2D eigenvalue weighted by atomic mass is 19.4. The zero-order chi connectivity index (χ0) is 18.4. The van der Waals surface area contributed by atoms with Gasteiger partial charge in [-0.25, -0.2) is 0 Å². The minimum Gasteiger partial charge on any atom is -0.493 e. The molecule has 0 amide bonds. The van der Waals surface area contributed by atoms with E-state index >= 15 is 0 Å². The molecule has 0 spiro atoms. The number of halogens is 3. The standard InChI is InChI=1S/C16H15F3N2O4/c1-22-13-8-11(9-14(23-2)15(13)24-3)21-20-10-4-6-12(7-5-10)25-16(17,18)19/h4-9H,1-3H3/b21-20-. The molecule has 0 aromatic heterocycles. The van der Waals surface area contributed by atoms with Crippen molar-refractivity contribution in [2.75, 3.05) is 21.3 Å². The second kappa shape index (κ2) is 7.73. The molecule has 0 unspecified atom stereocenters. The van der Waals surface area contributed by atoms with Crippen LogP contribution in [-0.2, 0) is 0 Å². The SMILES string of the molecule is COc1cc(/N=N\c2ccc(OC(F)(F)F)cc2)cc(OC)c1OC. The van der Waals surface area contributed by atoms with Gasteiger partial charge in [0.05, 0.1) is 32.7 Å². The van der Waals surface area contributed by atoms with Gasteiger partial charge in [0.1, 0.15) is 5.75 Å². The fourth-order valence-corrected chi connectivity index (χ4v) is 1.95. The Morgan fingerprint density at radius 2 is 1.28 bits per heavy atom. The van der Waals surface area contributed by atoms with Crippen LogP contribution in [0.15, 0.2) is 46.6 Å². The van der Waals surface area contributed by atoms with Gasteiger partial charge in [0.25, 0.3) is 0 Å². The first-order chi connectivity index (χ1) is 11.9. The largest absolute Gasteiger partial charge is 0.573 e. The summed E-state index contributed by atoms with van der Waals surface area (Å²) in [5.74, 6) is 0.895. The normalized spacial score (nSPS) is 11.4. The van der Waals surface area contributed by atoms with E-state index in [0.29, 0.717) is 28.6 Å². The molecule has 0 heterocycles. The van der Waals surface area contributed by atoms with Gasteiger partial charge in [-0.2, -0.15) is 10.2 Å². The van der Waals surface area contributed by atoms with E-state index < -0.39 is 6.36 Å². The maximum Gasteiger partial charge on any atom is 0.573 e. The summed E-state index contributed by atoms with van der Waals surface area (Å²) >= 11 is 0. The number of alkyl halides is 3. The molecular formula is C16H15F3N2O4. The molecule has 0 saturated heterocycles. The Bertz CT molecular complexity index is 721. The summed E-state index contributed by atoms with van der Waals surface area (Å²) < 4.78 is 55.7. The molecule has 0 fully saturated rings. The van der Waals surface area contributed by atoms with Crippen LogP contribution in [0.25, 0.3) is 0 Å². The predicted octanol–water partition coefficient (Wildman–Crippen LogP) is 5.03. The summed E-state index contributed by atoms with van der Waals surface area (Å²) in [5.41, 5.74) is 0.772. The maximum atomic E-state index is 12.1. The summed E-state index contributed by atoms with van der Waals surface area (Å²) in [6.45, 7) is 0. The molecular weight excluding hydrogens is 341 g/mol. The first kappa shape index (κ1) is 18.4. The maximum absolute atomic E-state index is 12.1. The summed E-state index contributed by atoms with van der Waals surface area (Å²) in [4.78, 5) is 0. The van der Waals surface area contributed by atoms with Crippen molar-refractivity contribution in [3.05, 3.63) is 36.4 Å². The van der Waals surface area contributed by atoms with Crippen LogP contribution in [0.5, 0.6) is 23.0 Å². The van der Waals surface area contributed by atoms with Crippen molar-refractivity contribution in [2.24, 2.45) is 10.2 Å². The average Bonchev–Trinajstić information content (AvgIpc) is 2.58. The zero-order valence-corrected chi connectivity index (χ0v) is 13.6. The van der Waals surface area contributed by atoms with Crippen molar-refractivity contribution < 1.29 is 32.1 Å². The van der Waals surface area contributed by atoms with Gasteiger partial charge in [0.2, 0.25) is 5.75 Å². The molecule has 0 bridgehead atoms. The van der Waals surface area contributed by atoms with Crippen molar-refractivity contribution in [3.63, 3.8) is 0 Å². The molecule has 0 saturated carbocycles. The number of ether oxygens (including phenoxy) is 4. The Morgan fingerprint density at radius 1 is 0.760 bits per heavy atom. The second-order valence-electron chi connectivity index (χ2n) is 4.63. The molecule has 0 radical (unpaired) electrons. The molecule has 0 aliphatic carbocycles. The quantitative estimate of drug-likeness (QED) is 0.681. The number of rotatable bonds is 6. The lowest BCUT2D eigenvalue weighted by Crippen LogP contribution is -2.16. The minimum absolute atomic E-state index is 0.334. The third-order valence-corrected chi connectivity index (χ3v) is 3.00. The average molecular weight is 356 g/mol. The van der Waals surface area contributed by atoms with Gasteiger partial charge in [-0.3, -0.25) is 0 Å². The summed E-state index contributed by atoms with van der Waals surface area (Å²) in [7, 11) is 4.42. The van der Waals surface area contributed by atoms with Gasteiger partial charge in [-0.15, -0.1) is 13.2 Å². The molecule has 2 aromatic carbocycles. The predicted molar refractivity (Wildman–Crippen MR) is 83.4 cm³/mol. The highest BCUT2D eigenvalue weighted by Gasteiger charge is 2.30.